The molecule has 106 valence electrons. The third-order valence-electron chi connectivity index (χ3n) is 3.06. The lowest BCUT2D eigenvalue weighted by atomic mass is 10.2. The molecule has 0 heterocycles. The van der Waals surface area contributed by atoms with Gasteiger partial charge in [-0.3, -0.25) is 0 Å². The molecule has 0 saturated heterocycles. The zero-order valence-electron chi connectivity index (χ0n) is 11.9. The van der Waals surface area contributed by atoms with Crippen LogP contribution in [0.4, 0.5) is 4.39 Å². The van der Waals surface area contributed by atoms with E-state index in [0.717, 1.165) is 21.7 Å². The summed E-state index contributed by atoms with van der Waals surface area (Å²) in [7, 11) is 4.24. The number of halogens is 1. The fourth-order valence-corrected chi connectivity index (χ4v) is 3.32. The van der Waals surface area contributed by atoms with Gasteiger partial charge in [0.2, 0.25) is 0 Å². The van der Waals surface area contributed by atoms with Crippen molar-refractivity contribution in [2.75, 3.05) is 14.1 Å². The van der Waals surface area contributed by atoms with Gasteiger partial charge in [-0.1, -0.05) is 32.8 Å². The van der Waals surface area contributed by atoms with Crippen molar-refractivity contribution in [3.05, 3.63) is 53.3 Å². The lowest BCUT2D eigenvalue weighted by Crippen LogP contribution is -2.18. The largest absolute Gasteiger partial charge is 0.507 e. The number of para-hydroxylation sites is 1. The zero-order chi connectivity index (χ0) is 14.7. The Balaban J connectivity index is 2.35. The molecule has 0 aromatic heterocycles. The predicted octanol–water partition coefficient (Wildman–Crippen LogP) is 2.53. The highest BCUT2D eigenvalue weighted by atomic mass is 31.1. The first kappa shape index (κ1) is 15.0. The summed E-state index contributed by atoms with van der Waals surface area (Å²) < 4.78 is 13.4. The number of phenolic OH excluding ortho intramolecular Hbond substituents is 1. The standard InChI is InChI=1S/C16H19FNOP/c1-11-5-4-6-15(16(11)19)20-14-8-7-13(17)9-12(14)10-18(2)3/h4-9,19-20H,10H2,1-3H3. The topological polar surface area (TPSA) is 23.5 Å². The molecule has 1 unspecified atom stereocenters. The van der Waals surface area contributed by atoms with Gasteiger partial charge in [-0.15, -0.1) is 0 Å². The van der Waals surface area contributed by atoms with Crippen LogP contribution >= 0.6 is 8.58 Å². The highest BCUT2D eigenvalue weighted by molar-refractivity contribution is 7.55. The van der Waals surface area contributed by atoms with Crippen molar-refractivity contribution in [2.45, 2.75) is 13.5 Å². The van der Waals surface area contributed by atoms with Crippen molar-refractivity contribution < 1.29 is 9.50 Å². The average molecular weight is 291 g/mol. The molecular formula is C16H19FNOP. The molecule has 2 aromatic carbocycles. The summed E-state index contributed by atoms with van der Waals surface area (Å²) in [6, 6.07) is 10.6. The van der Waals surface area contributed by atoms with E-state index in [1.165, 1.54) is 6.07 Å². The van der Waals surface area contributed by atoms with Crippen LogP contribution in [-0.4, -0.2) is 24.1 Å². The highest BCUT2D eigenvalue weighted by Gasteiger charge is 2.10. The Morgan fingerprint density at radius 3 is 2.60 bits per heavy atom. The molecule has 2 aromatic rings. The van der Waals surface area contributed by atoms with Crippen molar-refractivity contribution in [3.63, 3.8) is 0 Å². The first-order chi connectivity index (χ1) is 9.47. The van der Waals surface area contributed by atoms with Crippen LogP contribution in [0.5, 0.6) is 5.75 Å². The Morgan fingerprint density at radius 2 is 1.90 bits per heavy atom. The van der Waals surface area contributed by atoms with Crippen LogP contribution in [0.2, 0.25) is 0 Å². The Labute approximate surface area is 121 Å². The fraction of sp³-hybridized carbons (Fsp3) is 0.250. The number of phenols is 1. The molecule has 0 saturated carbocycles. The van der Waals surface area contributed by atoms with E-state index in [4.69, 9.17) is 0 Å². The quantitative estimate of drug-likeness (QED) is 0.875. The minimum absolute atomic E-state index is 0.219. The lowest BCUT2D eigenvalue weighted by Gasteiger charge is -2.15. The number of aryl methyl sites for hydroxylation is 1. The van der Waals surface area contributed by atoms with E-state index in [1.54, 1.807) is 6.07 Å². The maximum atomic E-state index is 13.4. The second kappa shape index (κ2) is 6.34. The molecule has 2 nitrogen and oxygen atoms in total. The number of hydrogen-bond acceptors (Lipinski definition) is 2. The van der Waals surface area contributed by atoms with Crippen LogP contribution in [0.25, 0.3) is 0 Å². The van der Waals surface area contributed by atoms with Crippen molar-refractivity contribution in [1.82, 2.24) is 4.90 Å². The normalized spacial score (nSPS) is 11.7. The molecule has 0 bridgehead atoms. The van der Waals surface area contributed by atoms with Gasteiger partial charge in [0.05, 0.1) is 0 Å². The number of rotatable bonds is 4. The summed E-state index contributed by atoms with van der Waals surface area (Å²) in [6.07, 6.45) is 0. The summed E-state index contributed by atoms with van der Waals surface area (Å²) in [5, 5.41) is 12.1. The molecule has 0 fully saturated rings. The van der Waals surface area contributed by atoms with Crippen molar-refractivity contribution in [2.24, 2.45) is 0 Å². The minimum Gasteiger partial charge on any atom is -0.507 e. The van der Waals surface area contributed by atoms with Gasteiger partial charge in [-0.05, 0) is 49.6 Å². The van der Waals surface area contributed by atoms with Gasteiger partial charge in [0.15, 0.2) is 0 Å². The molecule has 2 rings (SSSR count). The zero-order valence-corrected chi connectivity index (χ0v) is 12.9. The van der Waals surface area contributed by atoms with Crippen molar-refractivity contribution in [1.29, 1.82) is 0 Å². The van der Waals surface area contributed by atoms with Gasteiger partial charge in [0, 0.05) is 11.8 Å². The molecule has 0 amide bonds. The first-order valence-corrected chi connectivity index (χ1v) is 7.46. The Morgan fingerprint density at radius 1 is 1.15 bits per heavy atom. The minimum atomic E-state index is -0.219. The van der Waals surface area contributed by atoms with Gasteiger partial charge >= 0.3 is 0 Å². The molecule has 20 heavy (non-hydrogen) atoms. The van der Waals surface area contributed by atoms with Crippen LogP contribution < -0.4 is 10.6 Å². The van der Waals surface area contributed by atoms with Crippen molar-refractivity contribution >= 4 is 19.2 Å². The van der Waals surface area contributed by atoms with Crippen LogP contribution in [-0.2, 0) is 6.54 Å². The summed E-state index contributed by atoms with van der Waals surface area (Å²) in [5.41, 5.74) is 1.83. The molecule has 1 N–H and O–H groups in total. The van der Waals surface area contributed by atoms with E-state index < -0.39 is 0 Å². The Hall–Kier alpha value is -1.44. The average Bonchev–Trinajstić information content (AvgIpc) is 2.37. The van der Waals surface area contributed by atoms with E-state index in [0.29, 0.717) is 20.9 Å². The molecule has 0 radical (unpaired) electrons. The van der Waals surface area contributed by atoms with E-state index in [1.807, 2.05) is 50.2 Å². The molecule has 1 atom stereocenters. The lowest BCUT2D eigenvalue weighted by molar-refractivity contribution is 0.402. The van der Waals surface area contributed by atoms with Gasteiger partial charge < -0.3 is 10.0 Å². The van der Waals surface area contributed by atoms with Gasteiger partial charge in [0.1, 0.15) is 11.6 Å². The molecule has 0 aliphatic carbocycles. The number of aromatic hydroxyl groups is 1. The van der Waals surface area contributed by atoms with Crippen LogP contribution in [0.1, 0.15) is 11.1 Å². The van der Waals surface area contributed by atoms with E-state index >= 15 is 0 Å². The van der Waals surface area contributed by atoms with Crippen LogP contribution in [0.3, 0.4) is 0 Å². The number of hydrogen-bond donors (Lipinski definition) is 1. The van der Waals surface area contributed by atoms with Gasteiger partial charge in [-0.2, -0.15) is 0 Å². The molecule has 0 aliphatic heterocycles. The predicted molar refractivity (Wildman–Crippen MR) is 84.2 cm³/mol. The third kappa shape index (κ3) is 3.56. The SMILES string of the molecule is Cc1cccc(Pc2ccc(F)cc2CN(C)C)c1O. The van der Waals surface area contributed by atoms with E-state index in [-0.39, 0.29) is 5.82 Å². The van der Waals surface area contributed by atoms with Gasteiger partial charge in [0.25, 0.3) is 0 Å². The van der Waals surface area contributed by atoms with E-state index in [9.17, 15) is 9.50 Å². The molecule has 4 heteroatoms. The maximum absolute atomic E-state index is 13.4. The molecular weight excluding hydrogens is 272 g/mol. The third-order valence-corrected chi connectivity index (χ3v) is 4.49. The summed E-state index contributed by atoms with van der Waals surface area (Å²) in [4.78, 5) is 2.01. The summed E-state index contributed by atoms with van der Waals surface area (Å²) in [6.45, 7) is 2.57. The Kier molecular flexibility index (Phi) is 4.74. The van der Waals surface area contributed by atoms with E-state index in [2.05, 4.69) is 0 Å². The second-order valence-electron chi connectivity index (χ2n) is 5.14. The molecule has 0 aliphatic rings. The fourth-order valence-electron chi connectivity index (χ4n) is 2.06. The first-order valence-electron chi connectivity index (χ1n) is 6.46. The molecule has 0 spiro atoms. The monoisotopic (exact) mass is 291 g/mol. The highest BCUT2D eigenvalue weighted by Crippen LogP contribution is 2.23. The number of nitrogens with zero attached hydrogens (tertiary/aromatic N) is 1. The maximum Gasteiger partial charge on any atom is 0.126 e. The smallest absolute Gasteiger partial charge is 0.126 e. The second-order valence-corrected chi connectivity index (χ2v) is 6.46. The van der Waals surface area contributed by atoms with Gasteiger partial charge in [-0.25, -0.2) is 4.39 Å². The summed E-state index contributed by atoms with van der Waals surface area (Å²) >= 11 is 0. The van der Waals surface area contributed by atoms with Crippen LogP contribution in [0, 0.1) is 12.7 Å². The van der Waals surface area contributed by atoms with Crippen molar-refractivity contribution in [3.8, 4) is 5.75 Å². The van der Waals surface area contributed by atoms with Crippen LogP contribution in [0.15, 0.2) is 36.4 Å². The summed E-state index contributed by atoms with van der Waals surface area (Å²) in [5.74, 6) is 0.120. The Bertz CT molecular complexity index is 613. The number of benzene rings is 2.